The SMILES string of the molecule is Cc1ccc(C(C)C)c2oc(N(C)C)c(C=O)c(=O)c12. The first-order valence-corrected chi connectivity index (χ1v) is 6.61. The Kier molecular flexibility index (Phi) is 3.66. The lowest BCUT2D eigenvalue weighted by molar-refractivity contribution is 0.112. The number of rotatable bonds is 3. The molecule has 1 aromatic carbocycles. The molecule has 0 aliphatic rings. The number of carbonyl (C=O) groups is 1. The number of hydrogen-bond donors (Lipinski definition) is 0. The maximum atomic E-state index is 12.6. The Morgan fingerprint density at radius 2 is 1.90 bits per heavy atom. The number of benzene rings is 1. The minimum Gasteiger partial charge on any atom is -0.439 e. The van der Waals surface area contributed by atoms with Crippen LogP contribution in [0.5, 0.6) is 0 Å². The molecule has 0 fully saturated rings. The zero-order valence-electron chi connectivity index (χ0n) is 12.5. The standard InChI is InChI=1S/C16H19NO3/c1-9(2)11-7-6-10(3)13-14(19)12(8-18)16(17(4)5)20-15(11)13/h6-9H,1-5H3. The molecule has 0 radical (unpaired) electrons. The lowest BCUT2D eigenvalue weighted by atomic mass is 9.97. The maximum absolute atomic E-state index is 12.6. The van der Waals surface area contributed by atoms with Crippen molar-refractivity contribution >= 4 is 23.1 Å². The number of carbonyl (C=O) groups excluding carboxylic acids is 1. The fraction of sp³-hybridized carbons (Fsp3) is 0.375. The molecule has 0 saturated carbocycles. The van der Waals surface area contributed by atoms with Crippen LogP contribution in [-0.4, -0.2) is 20.4 Å². The van der Waals surface area contributed by atoms with Gasteiger partial charge in [0, 0.05) is 14.1 Å². The topological polar surface area (TPSA) is 50.5 Å². The second kappa shape index (κ2) is 5.12. The highest BCUT2D eigenvalue weighted by molar-refractivity contribution is 5.92. The molecule has 20 heavy (non-hydrogen) atoms. The third kappa shape index (κ3) is 2.11. The Morgan fingerprint density at radius 1 is 1.25 bits per heavy atom. The van der Waals surface area contributed by atoms with Crippen LogP contribution in [0.2, 0.25) is 0 Å². The van der Waals surface area contributed by atoms with Crippen molar-refractivity contribution in [2.24, 2.45) is 0 Å². The van der Waals surface area contributed by atoms with Gasteiger partial charge in [0.25, 0.3) is 0 Å². The van der Waals surface area contributed by atoms with Crippen LogP contribution in [0.25, 0.3) is 11.0 Å². The van der Waals surface area contributed by atoms with Crippen LogP contribution in [0.3, 0.4) is 0 Å². The summed E-state index contributed by atoms with van der Waals surface area (Å²) in [4.78, 5) is 25.5. The molecule has 0 spiro atoms. The minimum absolute atomic E-state index is 0.0755. The van der Waals surface area contributed by atoms with Gasteiger partial charge in [0.05, 0.1) is 5.39 Å². The van der Waals surface area contributed by atoms with Gasteiger partial charge in [0.2, 0.25) is 11.3 Å². The van der Waals surface area contributed by atoms with Crippen LogP contribution in [0.4, 0.5) is 5.88 Å². The zero-order valence-corrected chi connectivity index (χ0v) is 12.5. The largest absolute Gasteiger partial charge is 0.439 e. The lowest BCUT2D eigenvalue weighted by Crippen LogP contribution is -2.19. The quantitative estimate of drug-likeness (QED) is 0.806. The van der Waals surface area contributed by atoms with E-state index in [0.29, 0.717) is 23.1 Å². The first-order chi connectivity index (χ1) is 9.38. The van der Waals surface area contributed by atoms with Crippen LogP contribution in [-0.2, 0) is 0 Å². The highest BCUT2D eigenvalue weighted by Gasteiger charge is 2.19. The zero-order chi connectivity index (χ0) is 15.0. The summed E-state index contributed by atoms with van der Waals surface area (Å²) in [5.41, 5.74) is 2.20. The maximum Gasteiger partial charge on any atom is 0.210 e. The van der Waals surface area contributed by atoms with Gasteiger partial charge in [-0.3, -0.25) is 9.59 Å². The van der Waals surface area contributed by atoms with E-state index in [4.69, 9.17) is 4.42 Å². The van der Waals surface area contributed by atoms with Gasteiger partial charge in [-0.1, -0.05) is 26.0 Å². The second-order valence-electron chi connectivity index (χ2n) is 5.49. The smallest absolute Gasteiger partial charge is 0.210 e. The van der Waals surface area contributed by atoms with Crippen LogP contribution in [0, 0.1) is 6.92 Å². The summed E-state index contributed by atoms with van der Waals surface area (Å²) < 4.78 is 5.89. The first kappa shape index (κ1) is 14.3. The Labute approximate surface area is 118 Å². The predicted molar refractivity (Wildman–Crippen MR) is 81.0 cm³/mol. The molecular weight excluding hydrogens is 254 g/mol. The Hall–Kier alpha value is -2.10. The number of aryl methyl sites for hydroxylation is 1. The van der Waals surface area contributed by atoms with Gasteiger partial charge in [-0.15, -0.1) is 0 Å². The minimum atomic E-state index is -0.259. The molecule has 0 N–H and O–H groups in total. The number of aldehydes is 1. The van der Waals surface area contributed by atoms with Gasteiger partial charge in [-0.2, -0.15) is 0 Å². The van der Waals surface area contributed by atoms with E-state index in [1.54, 1.807) is 19.0 Å². The molecule has 0 amide bonds. The van der Waals surface area contributed by atoms with Crippen LogP contribution in [0.15, 0.2) is 21.3 Å². The normalized spacial score (nSPS) is 11.1. The van der Waals surface area contributed by atoms with E-state index in [2.05, 4.69) is 0 Å². The van der Waals surface area contributed by atoms with Crippen molar-refractivity contribution in [2.75, 3.05) is 19.0 Å². The average molecular weight is 273 g/mol. The number of hydrogen-bond acceptors (Lipinski definition) is 4. The molecule has 0 saturated heterocycles. The molecule has 0 aliphatic heterocycles. The van der Waals surface area contributed by atoms with Gasteiger partial charge >= 0.3 is 0 Å². The van der Waals surface area contributed by atoms with Gasteiger partial charge in [-0.05, 0) is 24.0 Å². The highest BCUT2D eigenvalue weighted by atomic mass is 16.4. The highest BCUT2D eigenvalue weighted by Crippen LogP contribution is 2.30. The number of nitrogens with zero attached hydrogens (tertiary/aromatic N) is 1. The monoisotopic (exact) mass is 273 g/mol. The van der Waals surface area contributed by atoms with Crippen molar-refractivity contribution in [3.63, 3.8) is 0 Å². The van der Waals surface area contributed by atoms with Crippen molar-refractivity contribution in [1.82, 2.24) is 0 Å². The Morgan fingerprint density at radius 3 is 2.40 bits per heavy atom. The Balaban J connectivity index is 3.04. The summed E-state index contributed by atoms with van der Waals surface area (Å²) in [7, 11) is 3.50. The molecule has 4 nitrogen and oxygen atoms in total. The Bertz CT molecular complexity index is 727. The van der Waals surface area contributed by atoms with Crippen molar-refractivity contribution in [3.8, 4) is 0 Å². The van der Waals surface area contributed by atoms with Gasteiger partial charge in [0.15, 0.2) is 6.29 Å². The van der Waals surface area contributed by atoms with E-state index in [0.717, 1.165) is 11.1 Å². The summed E-state index contributed by atoms with van der Waals surface area (Å²) in [5.74, 6) is 0.545. The molecule has 0 bridgehead atoms. The summed E-state index contributed by atoms with van der Waals surface area (Å²) in [6, 6.07) is 3.88. The summed E-state index contributed by atoms with van der Waals surface area (Å²) in [6.07, 6.45) is 0.572. The van der Waals surface area contributed by atoms with Gasteiger partial charge in [0.1, 0.15) is 11.1 Å². The second-order valence-corrected chi connectivity index (χ2v) is 5.49. The van der Waals surface area contributed by atoms with Crippen LogP contribution >= 0.6 is 0 Å². The fourth-order valence-electron chi connectivity index (χ4n) is 2.36. The van der Waals surface area contributed by atoms with E-state index in [1.807, 2.05) is 32.9 Å². The fourth-order valence-corrected chi connectivity index (χ4v) is 2.36. The third-order valence-electron chi connectivity index (χ3n) is 3.44. The van der Waals surface area contributed by atoms with E-state index in [9.17, 15) is 9.59 Å². The first-order valence-electron chi connectivity index (χ1n) is 6.61. The van der Waals surface area contributed by atoms with Crippen LogP contribution < -0.4 is 10.3 Å². The molecule has 0 atom stereocenters. The molecule has 2 rings (SSSR count). The van der Waals surface area contributed by atoms with E-state index in [1.165, 1.54) is 0 Å². The number of fused-ring (bicyclic) bond motifs is 1. The molecule has 2 aromatic rings. The van der Waals surface area contributed by atoms with Crippen molar-refractivity contribution in [1.29, 1.82) is 0 Å². The van der Waals surface area contributed by atoms with E-state index >= 15 is 0 Å². The summed E-state index contributed by atoms with van der Waals surface area (Å²) in [6.45, 7) is 5.95. The van der Waals surface area contributed by atoms with Crippen molar-refractivity contribution < 1.29 is 9.21 Å². The molecular formula is C16H19NO3. The lowest BCUT2D eigenvalue weighted by Gasteiger charge is -2.17. The molecule has 4 heteroatoms. The average Bonchev–Trinajstić information content (AvgIpc) is 2.37. The summed E-state index contributed by atoms with van der Waals surface area (Å²) >= 11 is 0. The molecule has 0 unspecified atom stereocenters. The van der Waals surface area contributed by atoms with Crippen molar-refractivity contribution in [3.05, 3.63) is 39.0 Å². The van der Waals surface area contributed by atoms with E-state index in [-0.39, 0.29) is 16.9 Å². The number of anilines is 1. The molecule has 106 valence electrons. The predicted octanol–water partition coefficient (Wildman–Crippen LogP) is 3.10. The third-order valence-corrected chi connectivity index (χ3v) is 3.44. The van der Waals surface area contributed by atoms with Crippen molar-refractivity contribution in [2.45, 2.75) is 26.7 Å². The summed E-state index contributed by atoms with van der Waals surface area (Å²) in [5, 5.41) is 0.504. The van der Waals surface area contributed by atoms with Gasteiger partial charge in [-0.25, -0.2) is 0 Å². The van der Waals surface area contributed by atoms with E-state index < -0.39 is 0 Å². The van der Waals surface area contributed by atoms with Gasteiger partial charge < -0.3 is 9.32 Å². The van der Waals surface area contributed by atoms with Crippen LogP contribution in [0.1, 0.15) is 41.3 Å². The molecule has 1 heterocycles. The molecule has 0 aliphatic carbocycles. The molecule has 1 aromatic heterocycles.